The molecule has 8 nitrogen and oxygen atoms in total. The van der Waals surface area contributed by atoms with Crippen molar-refractivity contribution in [1.82, 2.24) is 15.5 Å². The molecule has 1 saturated heterocycles. The van der Waals surface area contributed by atoms with Crippen molar-refractivity contribution in [2.45, 2.75) is 58.8 Å². The van der Waals surface area contributed by atoms with Crippen LogP contribution in [0.4, 0.5) is 10.5 Å². The molecule has 1 fully saturated rings. The van der Waals surface area contributed by atoms with Gasteiger partial charge in [-0.05, 0) is 61.6 Å². The summed E-state index contributed by atoms with van der Waals surface area (Å²) in [6.07, 6.45) is -0.0695. The largest absolute Gasteiger partial charge is 0.447 e. The van der Waals surface area contributed by atoms with E-state index in [1.54, 1.807) is 11.8 Å². The molecule has 2 atom stereocenters. The predicted octanol–water partition coefficient (Wildman–Crippen LogP) is 3.61. The van der Waals surface area contributed by atoms with Crippen molar-refractivity contribution in [3.05, 3.63) is 53.6 Å². The van der Waals surface area contributed by atoms with Crippen molar-refractivity contribution in [3.8, 4) is 11.1 Å². The Bertz CT molecular complexity index is 1100. The quantitative estimate of drug-likeness (QED) is 0.685. The summed E-state index contributed by atoms with van der Waals surface area (Å²) in [6, 6.07) is 14.0. The summed E-state index contributed by atoms with van der Waals surface area (Å²) in [6.45, 7) is 9.87. The minimum absolute atomic E-state index is 0.0227. The van der Waals surface area contributed by atoms with Crippen LogP contribution in [0.15, 0.2) is 42.5 Å². The smallest absolute Gasteiger partial charge is 0.407 e. The molecule has 0 aliphatic carbocycles. The van der Waals surface area contributed by atoms with E-state index in [9.17, 15) is 14.4 Å². The van der Waals surface area contributed by atoms with Crippen LogP contribution in [0, 0.1) is 0 Å². The van der Waals surface area contributed by atoms with Gasteiger partial charge in [0.2, 0.25) is 11.8 Å². The molecule has 2 N–H and O–H groups in total. The Morgan fingerprint density at radius 1 is 1.14 bits per heavy atom. The number of anilines is 1. The van der Waals surface area contributed by atoms with Gasteiger partial charge in [-0.3, -0.25) is 14.5 Å². The summed E-state index contributed by atoms with van der Waals surface area (Å²) >= 11 is 0. The minimum Gasteiger partial charge on any atom is -0.447 e. The number of ether oxygens (including phenoxy) is 1. The number of rotatable bonds is 5. The fourth-order valence-electron chi connectivity index (χ4n) is 4.94. The van der Waals surface area contributed by atoms with Gasteiger partial charge in [-0.2, -0.15) is 0 Å². The van der Waals surface area contributed by atoms with E-state index >= 15 is 0 Å². The lowest BCUT2D eigenvalue weighted by molar-refractivity contribution is -0.124. The fourth-order valence-corrected chi connectivity index (χ4v) is 4.94. The molecule has 2 aliphatic heterocycles. The summed E-state index contributed by atoms with van der Waals surface area (Å²) < 4.78 is 5.32. The normalized spacial score (nSPS) is 20.3. The Morgan fingerprint density at radius 3 is 2.51 bits per heavy atom. The molecule has 0 spiro atoms. The Balaban J connectivity index is 1.59. The number of nitrogens with zero attached hydrogens (tertiary/aromatic N) is 2. The zero-order chi connectivity index (χ0) is 25.1. The standard InChI is InChI=1S/C27H34N4O4/c1-17(2)35-27(34)29-24-13-18(3)31(19(4)32)25-10-9-22(14-23(24)25)21-7-5-20(6-8-21)15-30-12-11-28-26(33)16-30/h5-10,14,17-18,24H,11-13,15-16H2,1-4H3,(H,28,33)(H,29,34). The maximum atomic E-state index is 12.4. The molecule has 3 amide bonds. The van der Waals surface area contributed by atoms with E-state index in [1.807, 2.05) is 32.9 Å². The molecule has 2 aromatic carbocycles. The number of nitrogens with one attached hydrogen (secondary N) is 2. The first-order chi connectivity index (χ1) is 16.7. The third-order valence-electron chi connectivity index (χ3n) is 6.47. The number of piperazine rings is 1. The first-order valence-electron chi connectivity index (χ1n) is 12.2. The second-order valence-corrected chi connectivity index (χ2v) is 9.66. The topological polar surface area (TPSA) is 91.0 Å². The van der Waals surface area contributed by atoms with E-state index in [0.717, 1.165) is 41.0 Å². The van der Waals surface area contributed by atoms with Crippen LogP contribution < -0.4 is 15.5 Å². The number of carbonyl (C=O) groups excluding carboxylic acids is 3. The second kappa shape index (κ2) is 10.5. The van der Waals surface area contributed by atoms with Crippen molar-refractivity contribution in [3.63, 3.8) is 0 Å². The summed E-state index contributed by atoms with van der Waals surface area (Å²) in [5, 5.41) is 5.85. The van der Waals surface area contributed by atoms with Crippen LogP contribution in [0.1, 0.15) is 51.3 Å². The van der Waals surface area contributed by atoms with Crippen molar-refractivity contribution in [2.24, 2.45) is 0 Å². The van der Waals surface area contributed by atoms with E-state index in [0.29, 0.717) is 19.5 Å². The van der Waals surface area contributed by atoms with E-state index in [2.05, 4.69) is 45.9 Å². The SMILES string of the molecule is CC(=O)N1c2ccc(-c3ccc(CN4CCNC(=O)C4)cc3)cc2C(NC(=O)OC(C)C)CC1C. The molecule has 0 aromatic heterocycles. The third kappa shape index (κ3) is 5.82. The number of carbonyl (C=O) groups is 3. The van der Waals surface area contributed by atoms with Crippen LogP contribution in [0.25, 0.3) is 11.1 Å². The van der Waals surface area contributed by atoms with Gasteiger partial charge in [0, 0.05) is 38.3 Å². The van der Waals surface area contributed by atoms with Crippen molar-refractivity contribution >= 4 is 23.6 Å². The van der Waals surface area contributed by atoms with Gasteiger partial charge in [0.15, 0.2) is 0 Å². The minimum atomic E-state index is -0.458. The Hall–Kier alpha value is -3.39. The highest BCUT2D eigenvalue weighted by Crippen LogP contribution is 2.39. The Labute approximate surface area is 206 Å². The van der Waals surface area contributed by atoms with Gasteiger partial charge in [-0.25, -0.2) is 4.79 Å². The molecule has 4 rings (SSSR count). The van der Waals surface area contributed by atoms with Gasteiger partial charge < -0.3 is 20.3 Å². The van der Waals surface area contributed by atoms with E-state index in [4.69, 9.17) is 4.74 Å². The summed E-state index contributed by atoms with van der Waals surface area (Å²) in [5.74, 6) is 0.0433. The number of fused-ring (bicyclic) bond motifs is 1. The number of benzene rings is 2. The first kappa shape index (κ1) is 24.7. The van der Waals surface area contributed by atoms with Crippen molar-refractivity contribution < 1.29 is 19.1 Å². The fraction of sp³-hybridized carbons (Fsp3) is 0.444. The predicted molar refractivity (Wildman–Crippen MR) is 135 cm³/mol. The van der Waals surface area contributed by atoms with Gasteiger partial charge in [-0.1, -0.05) is 30.3 Å². The number of hydrogen-bond donors (Lipinski definition) is 2. The van der Waals surface area contributed by atoms with Crippen molar-refractivity contribution in [2.75, 3.05) is 24.5 Å². The number of alkyl carbamates (subject to hydrolysis) is 1. The van der Waals surface area contributed by atoms with Gasteiger partial charge in [0.1, 0.15) is 0 Å². The molecule has 186 valence electrons. The van der Waals surface area contributed by atoms with Gasteiger partial charge in [-0.15, -0.1) is 0 Å². The van der Waals surface area contributed by atoms with Gasteiger partial charge >= 0.3 is 6.09 Å². The summed E-state index contributed by atoms with van der Waals surface area (Å²) in [4.78, 5) is 40.4. The highest BCUT2D eigenvalue weighted by molar-refractivity contribution is 5.94. The van der Waals surface area contributed by atoms with Crippen LogP contribution in [0.2, 0.25) is 0 Å². The molecule has 2 unspecified atom stereocenters. The maximum Gasteiger partial charge on any atom is 0.407 e. The second-order valence-electron chi connectivity index (χ2n) is 9.66. The zero-order valence-electron chi connectivity index (χ0n) is 20.8. The lowest BCUT2D eigenvalue weighted by atomic mass is 9.89. The molecular weight excluding hydrogens is 444 g/mol. The lowest BCUT2D eigenvalue weighted by Gasteiger charge is -2.39. The monoisotopic (exact) mass is 478 g/mol. The highest BCUT2D eigenvalue weighted by atomic mass is 16.6. The molecule has 2 aromatic rings. The molecule has 35 heavy (non-hydrogen) atoms. The number of hydrogen-bond acceptors (Lipinski definition) is 5. The maximum absolute atomic E-state index is 12.4. The van der Waals surface area contributed by atoms with Crippen LogP contribution >= 0.6 is 0 Å². The third-order valence-corrected chi connectivity index (χ3v) is 6.47. The van der Waals surface area contributed by atoms with E-state index < -0.39 is 6.09 Å². The molecule has 8 heteroatoms. The molecular formula is C27H34N4O4. The Morgan fingerprint density at radius 2 is 1.86 bits per heavy atom. The van der Waals surface area contributed by atoms with E-state index in [-0.39, 0.29) is 30.0 Å². The van der Waals surface area contributed by atoms with Crippen LogP contribution in [0.5, 0.6) is 0 Å². The van der Waals surface area contributed by atoms with E-state index in [1.165, 1.54) is 0 Å². The summed E-state index contributed by atoms with van der Waals surface area (Å²) in [7, 11) is 0. The highest BCUT2D eigenvalue weighted by Gasteiger charge is 2.33. The molecule has 0 saturated carbocycles. The van der Waals surface area contributed by atoms with Crippen molar-refractivity contribution in [1.29, 1.82) is 0 Å². The van der Waals surface area contributed by atoms with Crippen LogP contribution in [-0.4, -0.2) is 54.6 Å². The first-order valence-corrected chi connectivity index (χ1v) is 12.2. The Kier molecular flexibility index (Phi) is 7.40. The average Bonchev–Trinajstić information content (AvgIpc) is 2.78. The average molecular weight is 479 g/mol. The molecule has 0 bridgehead atoms. The van der Waals surface area contributed by atoms with Crippen LogP contribution in [-0.2, 0) is 20.9 Å². The van der Waals surface area contributed by atoms with Gasteiger partial charge in [0.05, 0.1) is 18.7 Å². The van der Waals surface area contributed by atoms with Gasteiger partial charge in [0.25, 0.3) is 0 Å². The zero-order valence-corrected chi connectivity index (χ0v) is 20.8. The number of amides is 3. The molecule has 2 aliphatic rings. The summed E-state index contributed by atoms with van der Waals surface area (Å²) in [5.41, 5.74) is 4.92. The molecule has 0 radical (unpaired) electrons. The lowest BCUT2D eigenvalue weighted by Crippen LogP contribution is -2.47. The molecule has 2 heterocycles. The van der Waals surface area contributed by atoms with Crippen LogP contribution in [0.3, 0.4) is 0 Å².